The Kier molecular flexibility index (Phi) is 6.57. The van der Waals surface area contributed by atoms with E-state index in [4.69, 9.17) is 23.7 Å². The molecule has 0 amide bonds. The Hall–Kier alpha value is -1.68. The van der Waals surface area contributed by atoms with E-state index in [-0.39, 0.29) is 12.7 Å². The highest BCUT2D eigenvalue weighted by atomic mass is 16.8. The standard InChI is InChI=1S/C32H46N2O6/c1-7-20-17(2)18-12-23-27-21(10-11-34(14-18)28(20)23)22-13-19(8-9-24(22)33-27)36-15-25(35)29-30(40-32(5,6)39-29)26-16-37-31(3,4)38-26/h8-9,13,17-18,20,23,25-26,28-30,33,35H,7,10-12,14-16H2,1-6H3. The predicted molar refractivity (Wildman–Crippen MR) is 151 cm³/mol. The molecule has 8 rings (SSSR count). The third kappa shape index (κ3) is 4.50. The minimum atomic E-state index is -0.881. The van der Waals surface area contributed by atoms with Gasteiger partial charge in [0.1, 0.15) is 36.8 Å². The number of ether oxygens (including phenoxy) is 5. The number of hydrogen-bond acceptors (Lipinski definition) is 7. The number of nitrogens with one attached hydrogen (secondary N) is 1. The summed E-state index contributed by atoms with van der Waals surface area (Å²) in [5.41, 5.74) is 4.10. The number of aromatic amines is 1. The topological polar surface area (TPSA) is 85.4 Å². The number of aliphatic hydroxyl groups is 1. The third-order valence-electron chi connectivity index (χ3n) is 10.5. The number of hydrogen-bond donors (Lipinski definition) is 2. The lowest BCUT2D eigenvalue weighted by atomic mass is 9.60. The van der Waals surface area contributed by atoms with Crippen LogP contribution in [0.5, 0.6) is 5.75 Å². The number of rotatable bonds is 6. The average Bonchev–Trinajstić information content (AvgIpc) is 3.55. The minimum Gasteiger partial charge on any atom is -0.491 e. The lowest BCUT2D eigenvalue weighted by Gasteiger charge is -2.56. The molecule has 40 heavy (non-hydrogen) atoms. The van der Waals surface area contributed by atoms with Crippen molar-refractivity contribution in [3.05, 3.63) is 29.5 Å². The number of benzene rings is 1. The van der Waals surface area contributed by atoms with Crippen molar-refractivity contribution in [3.8, 4) is 5.75 Å². The number of fused-ring (bicyclic) bond motifs is 4. The van der Waals surface area contributed by atoms with Crippen LogP contribution in [0.1, 0.15) is 71.6 Å². The molecule has 5 aliphatic heterocycles. The molecule has 1 saturated carbocycles. The summed E-state index contributed by atoms with van der Waals surface area (Å²) >= 11 is 0. The molecule has 4 saturated heterocycles. The molecule has 220 valence electrons. The number of aliphatic hydroxyl groups excluding tert-OH is 1. The normalized spacial score (nSPS) is 40.2. The van der Waals surface area contributed by atoms with Gasteiger partial charge in [-0.15, -0.1) is 0 Å². The van der Waals surface area contributed by atoms with Gasteiger partial charge in [-0.3, -0.25) is 4.90 Å². The second-order valence-corrected chi connectivity index (χ2v) is 13.8. The fraction of sp³-hybridized carbons (Fsp3) is 0.750. The summed E-state index contributed by atoms with van der Waals surface area (Å²) in [6.45, 7) is 15.2. The second kappa shape index (κ2) is 9.68. The van der Waals surface area contributed by atoms with Crippen LogP contribution in [-0.4, -0.2) is 83.3 Å². The summed E-state index contributed by atoms with van der Waals surface area (Å²) in [7, 11) is 0. The molecule has 10 atom stereocenters. The van der Waals surface area contributed by atoms with E-state index >= 15 is 0 Å². The van der Waals surface area contributed by atoms with Crippen LogP contribution in [-0.2, 0) is 25.4 Å². The van der Waals surface area contributed by atoms with Crippen molar-refractivity contribution in [2.24, 2.45) is 17.8 Å². The zero-order chi connectivity index (χ0) is 28.0. The van der Waals surface area contributed by atoms with Gasteiger partial charge < -0.3 is 33.8 Å². The molecule has 0 spiro atoms. The van der Waals surface area contributed by atoms with E-state index in [1.165, 1.54) is 41.5 Å². The summed E-state index contributed by atoms with van der Waals surface area (Å²) in [6.07, 6.45) is 1.40. The maximum Gasteiger partial charge on any atom is 0.164 e. The van der Waals surface area contributed by atoms with Gasteiger partial charge in [0.05, 0.1) is 6.61 Å². The van der Waals surface area contributed by atoms with E-state index in [0.29, 0.717) is 18.6 Å². The molecule has 1 aliphatic carbocycles. The van der Waals surface area contributed by atoms with Gasteiger partial charge in [0.2, 0.25) is 0 Å². The lowest BCUT2D eigenvalue weighted by Crippen LogP contribution is -2.59. The fourth-order valence-electron chi connectivity index (χ4n) is 8.71. The van der Waals surface area contributed by atoms with Crippen LogP contribution in [0.3, 0.4) is 0 Å². The van der Waals surface area contributed by atoms with Gasteiger partial charge in [-0.05, 0) is 82.1 Å². The smallest absolute Gasteiger partial charge is 0.164 e. The summed E-state index contributed by atoms with van der Waals surface area (Å²) in [4.78, 5) is 6.65. The molecule has 8 heteroatoms. The molecule has 0 radical (unpaired) electrons. The van der Waals surface area contributed by atoms with Crippen LogP contribution >= 0.6 is 0 Å². The first-order valence-corrected chi connectivity index (χ1v) is 15.4. The highest BCUT2D eigenvalue weighted by Crippen LogP contribution is 2.53. The summed E-state index contributed by atoms with van der Waals surface area (Å²) in [5, 5.41) is 12.5. The average molecular weight is 555 g/mol. The fourth-order valence-corrected chi connectivity index (χ4v) is 8.71. The Morgan fingerprint density at radius 3 is 2.73 bits per heavy atom. The van der Waals surface area contributed by atoms with Gasteiger partial charge in [0.15, 0.2) is 11.6 Å². The van der Waals surface area contributed by atoms with Crippen molar-refractivity contribution >= 4 is 10.9 Å². The quantitative estimate of drug-likeness (QED) is 0.541. The van der Waals surface area contributed by atoms with E-state index in [9.17, 15) is 5.11 Å². The first-order chi connectivity index (χ1) is 19.0. The molecule has 2 N–H and O–H groups in total. The van der Waals surface area contributed by atoms with Crippen LogP contribution in [0.25, 0.3) is 10.9 Å². The highest BCUT2D eigenvalue weighted by Gasteiger charge is 2.53. The number of piperidine rings is 2. The van der Waals surface area contributed by atoms with Crippen molar-refractivity contribution in [2.45, 2.75) is 109 Å². The largest absolute Gasteiger partial charge is 0.491 e. The molecular weight excluding hydrogens is 508 g/mol. The Labute approximate surface area is 237 Å². The maximum atomic E-state index is 11.2. The first kappa shape index (κ1) is 27.2. The molecule has 4 bridgehead atoms. The van der Waals surface area contributed by atoms with Crippen LogP contribution in [0, 0.1) is 17.8 Å². The van der Waals surface area contributed by atoms with Crippen molar-refractivity contribution < 1.29 is 28.8 Å². The van der Waals surface area contributed by atoms with Crippen molar-refractivity contribution in [2.75, 3.05) is 26.3 Å². The molecule has 6 aliphatic rings. The van der Waals surface area contributed by atoms with Crippen LogP contribution in [0.4, 0.5) is 0 Å². The number of aromatic nitrogens is 1. The van der Waals surface area contributed by atoms with Gasteiger partial charge in [-0.1, -0.05) is 20.3 Å². The molecule has 2 aromatic rings. The third-order valence-corrected chi connectivity index (χ3v) is 10.5. The molecule has 1 aromatic heterocycles. The van der Waals surface area contributed by atoms with Gasteiger partial charge in [-0.25, -0.2) is 0 Å². The zero-order valence-electron chi connectivity index (χ0n) is 24.8. The first-order valence-electron chi connectivity index (χ1n) is 15.4. The Balaban J connectivity index is 1.09. The van der Waals surface area contributed by atoms with Gasteiger partial charge in [-0.2, -0.15) is 0 Å². The zero-order valence-corrected chi connectivity index (χ0v) is 24.8. The molecular formula is C32H46N2O6. The highest BCUT2D eigenvalue weighted by molar-refractivity contribution is 5.86. The second-order valence-electron chi connectivity index (χ2n) is 13.8. The Morgan fingerprint density at radius 2 is 1.98 bits per heavy atom. The maximum absolute atomic E-state index is 11.2. The monoisotopic (exact) mass is 554 g/mol. The minimum absolute atomic E-state index is 0.103. The van der Waals surface area contributed by atoms with E-state index in [1.807, 2.05) is 33.8 Å². The van der Waals surface area contributed by atoms with Crippen molar-refractivity contribution in [1.82, 2.24) is 9.88 Å². The molecule has 8 nitrogen and oxygen atoms in total. The predicted octanol–water partition coefficient (Wildman–Crippen LogP) is 4.59. The van der Waals surface area contributed by atoms with Crippen molar-refractivity contribution in [1.29, 1.82) is 0 Å². The SMILES string of the molecule is CCC1C(C)C2CC3c4[nH]c5ccc(OCC(O)C6OC(C)(C)OC6C6COC(C)(C)O6)cc5c4CCN(C2)C31. The number of nitrogens with zero attached hydrogens (tertiary/aromatic N) is 1. The molecule has 10 unspecified atom stereocenters. The molecule has 6 heterocycles. The van der Waals surface area contributed by atoms with Crippen LogP contribution in [0.2, 0.25) is 0 Å². The van der Waals surface area contributed by atoms with Crippen molar-refractivity contribution in [3.63, 3.8) is 0 Å². The van der Waals surface area contributed by atoms with Gasteiger partial charge >= 0.3 is 0 Å². The number of H-pyrrole nitrogens is 1. The van der Waals surface area contributed by atoms with E-state index in [0.717, 1.165) is 36.5 Å². The van der Waals surface area contributed by atoms with Gasteiger partial charge in [0, 0.05) is 41.6 Å². The van der Waals surface area contributed by atoms with Crippen LogP contribution < -0.4 is 4.74 Å². The Bertz CT molecular complexity index is 1260. The summed E-state index contributed by atoms with van der Waals surface area (Å²) in [6, 6.07) is 6.95. The Morgan fingerprint density at radius 1 is 1.15 bits per heavy atom. The lowest BCUT2D eigenvalue weighted by molar-refractivity contribution is -0.175. The van der Waals surface area contributed by atoms with E-state index in [2.05, 4.69) is 35.9 Å². The van der Waals surface area contributed by atoms with E-state index < -0.39 is 29.9 Å². The van der Waals surface area contributed by atoms with E-state index in [1.54, 1.807) is 0 Å². The molecule has 5 fully saturated rings. The molecule has 1 aromatic carbocycles. The van der Waals surface area contributed by atoms with Gasteiger partial charge in [0.25, 0.3) is 0 Å². The summed E-state index contributed by atoms with van der Waals surface area (Å²) < 4.78 is 30.3. The van der Waals surface area contributed by atoms with Crippen LogP contribution in [0.15, 0.2) is 18.2 Å². The summed E-state index contributed by atoms with van der Waals surface area (Å²) in [5.74, 6) is 2.23.